The van der Waals surface area contributed by atoms with E-state index >= 15 is 0 Å². The second-order valence-corrected chi connectivity index (χ2v) is 8.50. The summed E-state index contributed by atoms with van der Waals surface area (Å²) >= 11 is 0. The van der Waals surface area contributed by atoms with Gasteiger partial charge in [-0.05, 0) is 44.3 Å². The second kappa shape index (κ2) is 10.4. The van der Waals surface area contributed by atoms with Crippen LogP contribution in [0.25, 0.3) is 0 Å². The van der Waals surface area contributed by atoms with Gasteiger partial charge in [-0.2, -0.15) is 5.10 Å². The predicted octanol–water partition coefficient (Wildman–Crippen LogP) is 2.74. The molecule has 1 unspecified atom stereocenters. The SMILES string of the molecule is CC(C)C(C)NC(=O)C1CCN(CC(=O)Nc2ccnn2Cc2ccccc2)CC1. The lowest BCUT2D eigenvalue weighted by molar-refractivity contribution is -0.127. The molecule has 2 heterocycles. The van der Waals surface area contributed by atoms with Gasteiger partial charge in [0.25, 0.3) is 0 Å². The van der Waals surface area contributed by atoms with Gasteiger partial charge in [0.15, 0.2) is 0 Å². The highest BCUT2D eigenvalue weighted by molar-refractivity contribution is 5.91. The maximum atomic E-state index is 12.5. The van der Waals surface area contributed by atoms with Crippen molar-refractivity contribution in [3.63, 3.8) is 0 Å². The normalized spacial score (nSPS) is 16.4. The van der Waals surface area contributed by atoms with Gasteiger partial charge in [0, 0.05) is 18.0 Å². The van der Waals surface area contributed by atoms with Crippen LogP contribution in [-0.4, -0.2) is 52.2 Å². The third-order valence-corrected chi connectivity index (χ3v) is 5.85. The molecule has 1 aliphatic rings. The van der Waals surface area contributed by atoms with Crippen molar-refractivity contribution in [2.24, 2.45) is 11.8 Å². The fourth-order valence-corrected chi connectivity index (χ4v) is 3.57. The molecule has 0 saturated carbocycles. The fraction of sp³-hybridized carbons (Fsp3) is 0.522. The van der Waals surface area contributed by atoms with E-state index in [1.807, 2.05) is 43.3 Å². The lowest BCUT2D eigenvalue weighted by Crippen LogP contribution is -2.45. The van der Waals surface area contributed by atoms with Crippen LogP contribution in [0.2, 0.25) is 0 Å². The zero-order valence-corrected chi connectivity index (χ0v) is 18.2. The first-order valence-electron chi connectivity index (χ1n) is 10.8. The first-order valence-corrected chi connectivity index (χ1v) is 10.8. The van der Waals surface area contributed by atoms with Crippen LogP contribution in [-0.2, 0) is 16.1 Å². The van der Waals surface area contributed by atoms with Crippen LogP contribution in [0.1, 0.15) is 39.2 Å². The zero-order valence-electron chi connectivity index (χ0n) is 18.2. The quantitative estimate of drug-likeness (QED) is 0.700. The van der Waals surface area contributed by atoms with Crippen LogP contribution in [0.4, 0.5) is 5.82 Å². The molecule has 1 aromatic carbocycles. The van der Waals surface area contributed by atoms with Crippen molar-refractivity contribution in [3.05, 3.63) is 48.2 Å². The highest BCUT2D eigenvalue weighted by Gasteiger charge is 2.27. The molecule has 0 bridgehead atoms. The number of nitrogens with one attached hydrogen (secondary N) is 2. The van der Waals surface area contributed by atoms with Gasteiger partial charge in [-0.1, -0.05) is 44.2 Å². The Bertz CT molecular complexity index is 825. The molecule has 2 N–H and O–H groups in total. The average molecular weight is 412 g/mol. The number of carbonyl (C=O) groups is 2. The molecule has 1 aliphatic heterocycles. The summed E-state index contributed by atoms with van der Waals surface area (Å²) in [7, 11) is 0. The van der Waals surface area contributed by atoms with E-state index in [1.54, 1.807) is 10.9 Å². The number of amides is 2. The lowest BCUT2D eigenvalue weighted by atomic mass is 9.95. The van der Waals surface area contributed by atoms with Gasteiger partial charge in [-0.25, -0.2) is 4.68 Å². The van der Waals surface area contributed by atoms with E-state index in [2.05, 4.69) is 34.5 Å². The van der Waals surface area contributed by atoms with E-state index in [0.29, 0.717) is 24.8 Å². The molecule has 30 heavy (non-hydrogen) atoms. The van der Waals surface area contributed by atoms with Crippen molar-refractivity contribution in [1.29, 1.82) is 0 Å². The Morgan fingerprint density at radius 2 is 1.80 bits per heavy atom. The first-order chi connectivity index (χ1) is 14.4. The average Bonchev–Trinajstić information content (AvgIpc) is 3.15. The molecule has 1 saturated heterocycles. The van der Waals surface area contributed by atoms with Crippen LogP contribution in [0, 0.1) is 11.8 Å². The lowest BCUT2D eigenvalue weighted by Gasteiger charge is -2.31. The summed E-state index contributed by atoms with van der Waals surface area (Å²) in [6.45, 7) is 8.71. The highest BCUT2D eigenvalue weighted by Crippen LogP contribution is 2.18. The molecule has 0 aliphatic carbocycles. The standard InChI is InChI=1S/C23H33N5O2/c1-17(2)18(3)25-23(30)20-10-13-27(14-11-20)16-22(29)26-21-9-12-24-28(21)15-19-7-5-4-6-8-19/h4-9,12,17-18,20H,10-11,13-16H2,1-3H3,(H,25,30)(H,26,29). The Morgan fingerprint density at radius 1 is 1.10 bits per heavy atom. The summed E-state index contributed by atoms with van der Waals surface area (Å²) in [6, 6.07) is 12.0. The Balaban J connectivity index is 1.45. The van der Waals surface area contributed by atoms with Gasteiger partial charge in [0.05, 0.1) is 19.3 Å². The van der Waals surface area contributed by atoms with Gasteiger partial charge >= 0.3 is 0 Å². The van der Waals surface area contributed by atoms with Gasteiger partial charge in [0.2, 0.25) is 11.8 Å². The minimum atomic E-state index is -0.0545. The molecule has 1 atom stereocenters. The number of carbonyl (C=O) groups excluding carboxylic acids is 2. The summed E-state index contributed by atoms with van der Waals surface area (Å²) in [5.41, 5.74) is 1.13. The van der Waals surface area contributed by atoms with Gasteiger partial charge in [-0.3, -0.25) is 14.5 Å². The number of rotatable bonds is 8. The number of piperidine rings is 1. The van der Waals surface area contributed by atoms with Crippen molar-refractivity contribution >= 4 is 17.6 Å². The maximum absolute atomic E-state index is 12.5. The molecule has 1 fully saturated rings. The van der Waals surface area contributed by atoms with Crippen LogP contribution < -0.4 is 10.6 Å². The van der Waals surface area contributed by atoms with Crippen molar-refractivity contribution in [2.75, 3.05) is 25.0 Å². The van der Waals surface area contributed by atoms with Crippen LogP contribution >= 0.6 is 0 Å². The summed E-state index contributed by atoms with van der Waals surface area (Å²) in [5.74, 6) is 1.25. The summed E-state index contributed by atoms with van der Waals surface area (Å²) in [4.78, 5) is 27.1. The van der Waals surface area contributed by atoms with E-state index in [4.69, 9.17) is 0 Å². The molecule has 2 aromatic rings. The molecule has 1 aromatic heterocycles. The molecular weight excluding hydrogens is 378 g/mol. The number of benzene rings is 1. The smallest absolute Gasteiger partial charge is 0.239 e. The number of nitrogens with zero attached hydrogens (tertiary/aromatic N) is 3. The number of hydrogen-bond acceptors (Lipinski definition) is 4. The summed E-state index contributed by atoms with van der Waals surface area (Å²) < 4.78 is 1.79. The largest absolute Gasteiger partial charge is 0.353 e. The van der Waals surface area contributed by atoms with Gasteiger partial charge in [0.1, 0.15) is 5.82 Å². The van der Waals surface area contributed by atoms with E-state index in [-0.39, 0.29) is 23.8 Å². The van der Waals surface area contributed by atoms with Crippen molar-refractivity contribution < 1.29 is 9.59 Å². The Morgan fingerprint density at radius 3 is 2.47 bits per heavy atom. The van der Waals surface area contributed by atoms with Crippen LogP contribution in [0.3, 0.4) is 0 Å². The van der Waals surface area contributed by atoms with E-state index in [1.165, 1.54) is 0 Å². The Labute approximate surface area is 178 Å². The number of likely N-dealkylation sites (tertiary alicyclic amines) is 1. The molecular formula is C23H33N5O2. The van der Waals surface area contributed by atoms with Crippen LogP contribution in [0.5, 0.6) is 0 Å². The van der Waals surface area contributed by atoms with Crippen molar-refractivity contribution in [3.8, 4) is 0 Å². The molecule has 7 nitrogen and oxygen atoms in total. The maximum Gasteiger partial charge on any atom is 0.239 e. The number of aromatic nitrogens is 2. The monoisotopic (exact) mass is 411 g/mol. The third kappa shape index (κ3) is 6.16. The minimum Gasteiger partial charge on any atom is -0.353 e. The molecule has 3 rings (SSSR count). The molecule has 7 heteroatoms. The van der Waals surface area contributed by atoms with E-state index < -0.39 is 0 Å². The number of anilines is 1. The Kier molecular flexibility index (Phi) is 7.63. The van der Waals surface area contributed by atoms with Crippen LogP contribution in [0.15, 0.2) is 42.6 Å². The summed E-state index contributed by atoms with van der Waals surface area (Å²) in [5, 5.41) is 10.4. The molecule has 162 valence electrons. The van der Waals surface area contributed by atoms with Crippen molar-refractivity contribution in [1.82, 2.24) is 20.0 Å². The molecule has 0 radical (unpaired) electrons. The van der Waals surface area contributed by atoms with Gasteiger partial charge < -0.3 is 10.6 Å². The Hall–Kier alpha value is -2.67. The van der Waals surface area contributed by atoms with E-state index in [0.717, 1.165) is 31.5 Å². The van der Waals surface area contributed by atoms with Gasteiger partial charge in [-0.15, -0.1) is 0 Å². The molecule has 2 amide bonds. The fourth-order valence-electron chi connectivity index (χ4n) is 3.57. The minimum absolute atomic E-state index is 0.0396. The molecule has 0 spiro atoms. The highest BCUT2D eigenvalue weighted by atomic mass is 16.2. The number of hydrogen-bond donors (Lipinski definition) is 2. The topological polar surface area (TPSA) is 79.3 Å². The van der Waals surface area contributed by atoms with E-state index in [9.17, 15) is 9.59 Å². The third-order valence-electron chi connectivity index (χ3n) is 5.85. The predicted molar refractivity (Wildman–Crippen MR) is 118 cm³/mol. The zero-order chi connectivity index (χ0) is 21.5. The first kappa shape index (κ1) is 22.0. The summed E-state index contributed by atoms with van der Waals surface area (Å²) in [6.07, 6.45) is 3.27. The second-order valence-electron chi connectivity index (χ2n) is 8.50. The van der Waals surface area contributed by atoms with Crippen molar-refractivity contribution in [2.45, 2.75) is 46.2 Å².